The number of piperidine rings is 1. The van der Waals surface area contributed by atoms with Crippen molar-refractivity contribution in [2.75, 3.05) is 31.6 Å². The molecule has 1 aromatic rings. The minimum absolute atomic E-state index is 0.766. The number of fused-ring (bicyclic) bond motifs is 3. The van der Waals surface area contributed by atoms with Crippen molar-refractivity contribution in [2.24, 2.45) is 0 Å². The van der Waals surface area contributed by atoms with Gasteiger partial charge in [0.05, 0.1) is 0 Å². The number of anilines is 1. The quantitative estimate of drug-likeness (QED) is 0.672. The summed E-state index contributed by atoms with van der Waals surface area (Å²) in [5, 5.41) is 0. The molecule has 0 aliphatic carbocycles. The van der Waals surface area contributed by atoms with Crippen LogP contribution in [0.2, 0.25) is 0 Å². The van der Waals surface area contributed by atoms with Crippen molar-refractivity contribution in [1.82, 2.24) is 4.90 Å². The first-order chi connectivity index (χ1) is 8.34. The van der Waals surface area contributed by atoms with E-state index in [2.05, 4.69) is 35.0 Å². The van der Waals surface area contributed by atoms with Gasteiger partial charge in [0.2, 0.25) is 0 Å². The first-order valence-corrected chi connectivity index (χ1v) is 6.91. The standard InChI is InChI=1S/C15H20N2/c1-16-9-7-14-13(10-16)12-6-2-4-11-5-3-8-17(14)15(11)12/h2,4,6,13-14H,3,5,7-10H2,1H3/t13-,14-/m0/s1. The van der Waals surface area contributed by atoms with Gasteiger partial charge in [-0.25, -0.2) is 0 Å². The zero-order valence-corrected chi connectivity index (χ0v) is 10.5. The first-order valence-electron chi connectivity index (χ1n) is 6.91. The number of nitrogens with zero attached hydrogens (tertiary/aromatic N) is 2. The molecule has 3 heterocycles. The van der Waals surface area contributed by atoms with Crippen LogP contribution in [0.4, 0.5) is 5.69 Å². The Labute approximate surface area is 103 Å². The molecule has 1 aromatic carbocycles. The molecule has 0 spiro atoms. The zero-order chi connectivity index (χ0) is 11.4. The third-order valence-corrected chi connectivity index (χ3v) is 4.86. The van der Waals surface area contributed by atoms with Gasteiger partial charge in [-0.3, -0.25) is 0 Å². The Balaban J connectivity index is 1.85. The molecular weight excluding hydrogens is 208 g/mol. The average Bonchev–Trinajstić information content (AvgIpc) is 2.67. The summed E-state index contributed by atoms with van der Waals surface area (Å²) in [6.07, 6.45) is 3.97. The van der Waals surface area contributed by atoms with E-state index >= 15 is 0 Å². The van der Waals surface area contributed by atoms with Crippen LogP contribution >= 0.6 is 0 Å². The first kappa shape index (κ1) is 9.95. The molecule has 0 amide bonds. The van der Waals surface area contributed by atoms with Crippen molar-refractivity contribution in [3.63, 3.8) is 0 Å². The zero-order valence-electron chi connectivity index (χ0n) is 10.5. The molecule has 3 aliphatic heterocycles. The highest BCUT2D eigenvalue weighted by Gasteiger charge is 2.42. The molecule has 0 unspecified atom stereocenters. The Morgan fingerprint density at radius 2 is 2.18 bits per heavy atom. The lowest BCUT2D eigenvalue weighted by atomic mass is 9.89. The summed E-state index contributed by atoms with van der Waals surface area (Å²) >= 11 is 0. The lowest BCUT2D eigenvalue weighted by Crippen LogP contribution is -2.45. The van der Waals surface area contributed by atoms with E-state index < -0.39 is 0 Å². The maximum atomic E-state index is 2.73. The van der Waals surface area contributed by atoms with Gasteiger partial charge in [0.15, 0.2) is 0 Å². The lowest BCUT2D eigenvalue weighted by molar-refractivity contribution is 0.231. The number of likely N-dealkylation sites (N-methyl/N-ethyl adjacent to an activating group) is 1. The molecule has 0 bridgehead atoms. The molecule has 4 rings (SSSR count). The van der Waals surface area contributed by atoms with E-state index in [9.17, 15) is 0 Å². The summed E-state index contributed by atoms with van der Waals surface area (Å²) in [5.74, 6) is 0.766. The van der Waals surface area contributed by atoms with Crippen LogP contribution < -0.4 is 4.90 Å². The highest BCUT2D eigenvalue weighted by Crippen LogP contribution is 2.47. The molecule has 0 radical (unpaired) electrons. The fraction of sp³-hybridized carbons (Fsp3) is 0.600. The summed E-state index contributed by atoms with van der Waals surface area (Å²) in [4.78, 5) is 5.23. The van der Waals surface area contributed by atoms with Crippen molar-refractivity contribution in [3.05, 3.63) is 29.3 Å². The minimum atomic E-state index is 0.766. The van der Waals surface area contributed by atoms with Crippen molar-refractivity contribution < 1.29 is 0 Å². The molecule has 0 aromatic heterocycles. The maximum absolute atomic E-state index is 2.73. The fourth-order valence-corrected chi connectivity index (χ4v) is 4.13. The third-order valence-electron chi connectivity index (χ3n) is 4.86. The SMILES string of the molecule is CN1CC[C@H]2[C@@H](C1)c1cccc3c1N2CCC3. The van der Waals surface area contributed by atoms with Crippen LogP contribution in [0.3, 0.4) is 0 Å². The summed E-state index contributed by atoms with van der Waals surface area (Å²) in [6.45, 7) is 3.80. The topological polar surface area (TPSA) is 6.48 Å². The fourth-order valence-electron chi connectivity index (χ4n) is 4.13. The molecule has 0 saturated carbocycles. The van der Waals surface area contributed by atoms with E-state index in [0.717, 1.165) is 12.0 Å². The maximum Gasteiger partial charge on any atom is 0.0438 e. The predicted octanol–water partition coefficient (Wildman–Crippen LogP) is 2.24. The van der Waals surface area contributed by atoms with Gasteiger partial charge in [-0.05, 0) is 44.0 Å². The Kier molecular flexibility index (Phi) is 2.04. The van der Waals surface area contributed by atoms with Gasteiger partial charge >= 0.3 is 0 Å². The van der Waals surface area contributed by atoms with Gasteiger partial charge in [-0.15, -0.1) is 0 Å². The molecule has 17 heavy (non-hydrogen) atoms. The van der Waals surface area contributed by atoms with Crippen LogP contribution in [-0.2, 0) is 6.42 Å². The number of hydrogen-bond donors (Lipinski definition) is 0. The highest BCUT2D eigenvalue weighted by atomic mass is 15.2. The molecule has 2 heteroatoms. The van der Waals surface area contributed by atoms with Gasteiger partial charge < -0.3 is 9.80 Å². The van der Waals surface area contributed by atoms with Crippen molar-refractivity contribution >= 4 is 5.69 Å². The average molecular weight is 228 g/mol. The largest absolute Gasteiger partial charge is 0.367 e. The van der Waals surface area contributed by atoms with E-state index in [1.54, 1.807) is 16.8 Å². The Morgan fingerprint density at radius 3 is 3.12 bits per heavy atom. The molecular formula is C15H20N2. The predicted molar refractivity (Wildman–Crippen MR) is 70.8 cm³/mol. The second kappa shape index (κ2) is 3.49. The second-order valence-electron chi connectivity index (χ2n) is 5.88. The van der Waals surface area contributed by atoms with Crippen LogP contribution in [0.15, 0.2) is 18.2 Å². The van der Waals surface area contributed by atoms with E-state index in [4.69, 9.17) is 0 Å². The number of rotatable bonds is 0. The van der Waals surface area contributed by atoms with E-state index in [1.807, 2.05) is 0 Å². The van der Waals surface area contributed by atoms with Crippen molar-refractivity contribution in [2.45, 2.75) is 31.2 Å². The Hall–Kier alpha value is -1.02. The summed E-state index contributed by atoms with van der Waals surface area (Å²) in [5.41, 5.74) is 4.86. The minimum Gasteiger partial charge on any atom is -0.367 e. The van der Waals surface area contributed by atoms with Gasteiger partial charge in [-0.1, -0.05) is 18.2 Å². The van der Waals surface area contributed by atoms with Crippen LogP contribution in [0.5, 0.6) is 0 Å². The van der Waals surface area contributed by atoms with Crippen molar-refractivity contribution in [3.8, 4) is 0 Å². The van der Waals surface area contributed by atoms with Crippen molar-refractivity contribution in [1.29, 1.82) is 0 Å². The van der Waals surface area contributed by atoms with E-state index in [1.165, 1.54) is 38.9 Å². The Bertz CT molecular complexity index is 454. The van der Waals surface area contributed by atoms with Crippen LogP contribution in [0.25, 0.3) is 0 Å². The molecule has 2 nitrogen and oxygen atoms in total. The Morgan fingerprint density at radius 1 is 1.24 bits per heavy atom. The molecule has 2 atom stereocenters. The molecule has 0 N–H and O–H groups in total. The normalized spacial score (nSPS) is 31.2. The van der Waals surface area contributed by atoms with Gasteiger partial charge in [0, 0.05) is 30.7 Å². The molecule has 1 saturated heterocycles. The second-order valence-corrected chi connectivity index (χ2v) is 5.88. The third kappa shape index (κ3) is 1.30. The number of para-hydroxylation sites is 1. The summed E-state index contributed by atoms with van der Waals surface area (Å²) < 4.78 is 0. The summed E-state index contributed by atoms with van der Waals surface area (Å²) in [6, 6.07) is 7.78. The summed E-state index contributed by atoms with van der Waals surface area (Å²) in [7, 11) is 2.27. The van der Waals surface area contributed by atoms with Gasteiger partial charge in [0.25, 0.3) is 0 Å². The van der Waals surface area contributed by atoms with Gasteiger partial charge in [-0.2, -0.15) is 0 Å². The van der Waals surface area contributed by atoms with Crippen LogP contribution in [0.1, 0.15) is 29.9 Å². The molecule has 1 fully saturated rings. The lowest BCUT2D eigenvalue weighted by Gasteiger charge is -2.38. The number of likely N-dealkylation sites (tertiary alicyclic amines) is 1. The van der Waals surface area contributed by atoms with Gasteiger partial charge in [0.1, 0.15) is 0 Å². The van der Waals surface area contributed by atoms with E-state index in [-0.39, 0.29) is 0 Å². The number of hydrogen-bond acceptors (Lipinski definition) is 2. The monoisotopic (exact) mass is 228 g/mol. The molecule has 90 valence electrons. The van der Waals surface area contributed by atoms with E-state index in [0.29, 0.717) is 0 Å². The molecule has 3 aliphatic rings. The van der Waals surface area contributed by atoms with Crippen LogP contribution in [-0.4, -0.2) is 37.6 Å². The number of benzene rings is 1. The number of aryl methyl sites for hydroxylation is 1. The highest BCUT2D eigenvalue weighted by molar-refractivity contribution is 5.68. The smallest absolute Gasteiger partial charge is 0.0438 e. The van der Waals surface area contributed by atoms with Crippen LogP contribution in [0, 0.1) is 0 Å².